The van der Waals surface area contributed by atoms with Crippen LogP contribution in [0.1, 0.15) is 11.1 Å². The highest BCUT2D eigenvalue weighted by molar-refractivity contribution is 6.04. The molecule has 2 aromatic carbocycles. The number of anilines is 1. The van der Waals surface area contributed by atoms with Crippen molar-refractivity contribution in [1.82, 2.24) is 0 Å². The normalized spacial score (nSPS) is 12.1. The summed E-state index contributed by atoms with van der Waals surface area (Å²) in [6.07, 6.45) is -4.28. The van der Waals surface area contributed by atoms with Crippen LogP contribution in [0.4, 0.5) is 23.2 Å². The summed E-state index contributed by atoms with van der Waals surface area (Å²) in [5.74, 6) is -1.76. The van der Waals surface area contributed by atoms with Gasteiger partial charge < -0.3 is 5.32 Å². The van der Waals surface area contributed by atoms with Gasteiger partial charge in [-0.3, -0.25) is 4.79 Å². The summed E-state index contributed by atoms with van der Waals surface area (Å²) in [6, 6.07) is 11.0. The highest BCUT2D eigenvalue weighted by Gasteiger charge is 2.35. The third-order valence-corrected chi connectivity index (χ3v) is 3.05. The first-order chi connectivity index (χ1) is 10.8. The molecular weight excluding hydrogens is 310 g/mol. The molecule has 120 valence electrons. The van der Waals surface area contributed by atoms with Crippen LogP contribution in [-0.4, -0.2) is 12.1 Å². The molecule has 0 fully saturated rings. The van der Waals surface area contributed by atoms with E-state index in [0.29, 0.717) is 11.6 Å². The number of carbonyl (C=O) groups is 1. The first-order valence-corrected chi connectivity index (χ1v) is 6.69. The molecule has 2 aromatic rings. The molecule has 0 bridgehead atoms. The van der Waals surface area contributed by atoms with Crippen LogP contribution >= 0.6 is 0 Å². The van der Waals surface area contributed by atoms with Crippen LogP contribution in [0.5, 0.6) is 0 Å². The monoisotopic (exact) mass is 323 g/mol. The zero-order chi connectivity index (χ0) is 17.0. The number of aryl methyl sites for hydroxylation is 1. The molecule has 0 atom stereocenters. The number of nitrogens with one attached hydrogen (secondary N) is 1. The standard InChI is InChI=1S/C17H13F4NO/c1-11-7-8-15(14(18)9-11)22-16(23)10-13(17(19,20)21)12-5-3-2-4-6-12/h2-10H,1H3,(H,22,23)/b13-10-. The van der Waals surface area contributed by atoms with Crippen molar-refractivity contribution in [3.8, 4) is 0 Å². The molecule has 2 nitrogen and oxygen atoms in total. The maximum Gasteiger partial charge on any atom is 0.417 e. The fraction of sp³-hybridized carbons (Fsp3) is 0.118. The van der Waals surface area contributed by atoms with Gasteiger partial charge in [-0.15, -0.1) is 0 Å². The van der Waals surface area contributed by atoms with E-state index in [2.05, 4.69) is 5.32 Å². The van der Waals surface area contributed by atoms with Gasteiger partial charge in [-0.2, -0.15) is 13.2 Å². The van der Waals surface area contributed by atoms with Crippen LogP contribution in [0.15, 0.2) is 54.6 Å². The van der Waals surface area contributed by atoms with E-state index in [4.69, 9.17) is 0 Å². The third kappa shape index (κ3) is 4.42. The molecule has 0 radical (unpaired) electrons. The Morgan fingerprint density at radius 2 is 1.74 bits per heavy atom. The van der Waals surface area contributed by atoms with Gasteiger partial charge >= 0.3 is 6.18 Å². The minimum Gasteiger partial charge on any atom is -0.320 e. The molecule has 0 unspecified atom stereocenters. The number of carbonyl (C=O) groups excluding carboxylic acids is 1. The minimum atomic E-state index is -4.70. The van der Waals surface area contributed by atoms with Gasteiger partial charge in [-0.1, -0.05) is 36.4 Å². The van der Waals surface area contributed by atoms with Crippen LogP contribution in [-0.2, 0) is 4.79 Å². The van der Waals surface area contributed by atoms with Gasteiger partial charge in [-0.05, 0) is 30.2 Å². The highest BCUT2D eigenvalue weighted by atomic mass is 19.4. The van der Waals surface area contributed by atoms with E-state index in [9.17, 15) is 22.4 Å². The Hall–Kier alpha value is -2.63. The van der Waals surface area contributed by atoms with Crippen LogP contribution < -0.4 is 5.32 Å². The fourth-order valence-corrected chi connectivity index (χ4v) is 1.97. The zero-order valence-electron chi connectivity index (χ0n) is 12.1. The van der Waals surface area contributed by atoms with Gasteiger partial charge in [-0.25, -0.2) is 4.39 Å². The Morgan fingerprint density at radius 3 is 2.30 bits per heavy atom. The highest BCUT2D eigenvalue weighted by Crippen LogP contribution is 2.33. The van der Waals surface area contributed by atoms with E-state index in [-0.39, 0.29) is 11.3 Å². The average Bonchev–Trinajstić information content (AvgIpc) is 2.47. The Balaban J connectivity index is 2.30. The predicted octanol–water partition coefficient (Wildman–Crippen LogP) is 4.72. The maximum atomic E-state index is 13.6. The summed E-state index contributed by atoms with van der Waals surface area (Å²) < 4.78 is 53.0. The Kier molecular flexibility index (Phi) is 4.83. The molecule has 0 heterocycles. The smallest absolute Gasteiger partial charge is 0.320 e. The molecular formula is C17H13F4NO. The quantitative estimate of drug-likeness (QED) is 0.643. The lowest BCUT2D eigenvalue weighted by atomic mass is 10.1. The van der Waals surface area contributed by atoms with Crippen molar-refractivity contribution >= 4 is 17.2 Å². The molecule has 1 N–H and O–H groups in total. The molecule has 23 heavy (non-hydrogen) atoms. The molecule has 0 spiro atoms. The van der Waals surface area contributed by atoms with E-state index in [1.54, 1.807) is 19.1 Å². The zero-order valence-corrected chi connectivity index (χ0v) is 12.1. The van der Waals surface area contributed by atoms with Gasteiger partial charge in [0.25, 0.3) is 0 Å². The summed E-state index contributed by atoms with van der Waals surface area (Å²) in [5, 5.41) is 2.12. The van der Waals surface area contributed by atoms with Crippen molar-refractivity contribution < 1.29 is 22.4 Å². The topological polar surface area (TPSA) is 29.1 Å². The second kappa shape index (κ2) is 6.64. The number of rotatable bonds is 3. The minimum absolute atomic E-state index is 0.139. The Labute approximate surface area is 130 Å². The van der Waals surface area contributed by atoms with E-state index < -0.39 is 23.5 Å². The molecule has 0 saturated carbocycles. The molecule has 0 aliphatic heterocycles. The lowest BCUT2D eigenvalue weighted by Gasteiger charge is -2.12. The van der Waals surface area contributed by atoms with Crippen molar-refractivity contribution in [3.63, 3.8) is 0 Å². The van der Waals surface area contributed by atoms with Crippen molar-refractivity contribution in [3.05, 3.63) is 71.6 Å². The molecule has 0 aliphatic rings. The molecule has 1 amide bonds. The first kappa shape index (κ1) is 16.7. The van der Waals surface area contributed by atoms with Crippen molar-refractivity contribution in [1.29, 1.82) is 0 Å². The Bertz CT molecular complexity index is 736. The molecule has 0 saturated heterocycles. The van der Waals surface area contributed by atoms with Crippen LogP contribution in [0.2, 0.25) is 0 Å². The SMILES string of the molecule is Cc1ccc(NC(=O)/C=C(/c2ccccc2)C(F)(F)F)c(F)c1. The molecule has 0 aliphatic carbocycles. The van der Waals surface area contributed by atoms with E-state index >= 15 is 0 Å². The van der Waals surface area contributed by atoms with Crippen LogP contribution in [0, 0.1) is 12.7 Å². The lowest BCUT2D eigenvalue weighted by Crippen LogP contribution is -2.16. The van der Waals surface area contributed by atoms with E-state index in [1.165, 1.54) is 36.4 Å². The van der Waals surface area contributed by atoms with Gasteiger partial charge in [0.1, 0.15) is 5.82 Å². The Morgan fingerprint density at radius 1 is 1.09 bits per heavy atom. The van der Waals surface area contributed by atoms with Gasteiger partial charge in [0.15, 0.2) is 0 Å². The number of amides is 1. The van der Waals surface area contributed by atoms with Crippen molar-refractivity contribution in [2.45, 2.75) is 13.1 Å². The summed E-state index contributed by atoms with van der Waals surface area (Å²) in [4.78, 5) is 11.8. The number of benzene rings is 2. The largest absolute Gasteiger partial charge is 0.417 e. The number of hydrogen-bond acceptors (Lipinski definition) is 1. The van der Waals surface area contributed by atoms with Crippen LogP contribution in [0.3, 0.4) is 0 Å². The van der Waals surface area contributed by atoms with E-state index in [1.807, 2.05) is 0 Å². The number of halogens is 4. The number of alkyl halides is 3. The van der Waals surface area contributed by atoms with E-state index in [0.717, 1.165) is 0 Å². The van der Waals surface area contributed by atoms with Crippen molar-refractivity contribution in [2.75, 3.05) is 5.32 Å². The summed E-state index contributed by atoms with van der Waals surface area (Å²) in [6.45, 7) is 1.66. The van der Waals surface area contributed by atoms with Gasteiger partial charge in [0.05, 0.1) is 11.3 Å². The van der Waals surface area contributed by atoms with Crippen LogP contribution in [0.25, 0.3) is 5.57 Å². The lowest BCUT2D eigenvalue weighted by molar-refractivity contribution is -0.112. The maximum absolute atomic E-state index is 13.6. The van der Waals surface area contributed by atoms with Gasteiger partial charge in [0.2, 0.25) is 5.91 Å². The molecule has 0 aromatic heterocycles. The predicted molar refractivity (Wildman–Crippen MR) is 80.2 cm³/mol. The number of allylic oxidation sites excluding steroid dienone is 1. The van der Waals surface area contributed by atoms with Crippen molar-refractivity contribution in [2.24, 2.45) is 0 Å². The second-order valence-corrected chi connectivity index (χ2v) is 4.89. The fourth-order valence-electron chi connectivity index (χ4n) is 1.97. The molecule has 6 heteroatoms. The second-order valence-electron chi connectivity index (χ2n) is 4.89. The number of hydrogen-bond donors (Lipinski definition) is 1. The average molecular weight is 323 g/mol. The summed E-state index contributed by atoms with van der Waals surface area (Å²) in [5.41, 5.74) is -0.773. The molecule has 2 rings (SSSR count). The first-order valence-electron chi connectivity index (χ1n) is 6.69. The summed E-state index contributed by atoms with van der Waals surface area (Å²) >= 11 is 0. The third-order valence-electron chi connectivity index (χ3n) is 3.05. The van der Waals surface area contributed by atoms with Gasteiger partial charge in [0, 0.05) is 6.08 Å². The summed E-state index contributed by atoms with van der Waals surface area (Å²) in [7, 11) is 0.